The van der Waals surface area contributed by atoms with Crippen molar-refractivity contribution in [2.75, 3.05) is 12.9 Å². The Hall–Kier alpha value is -0.320. The van der Waals surface area contributed by atoms with Crippen molar-refractivity contribution in [2.24, 2.45) is 5.92 Å². The van der Waals surface area contributed by atoms with Gasteiger partial charge in [-0.3, -0.25) is 4.79 Å². The normalized spacial score (nSPS) is 13.6. The number of esters is 1. The van der Waals surface area contributed by atoms with E-state index in [1.807, 2.05) is 13.8 Å². The number of ether oxygens (including phenoxy) is 1. The molecule has 0 aliphatic rings. The Kier molecular flexibility index (Phi) is 9.40. The fraction of sp³-hybridized carbons (Fsp3) is 0.929. The minimum absolute atomic E-state index is 0.0515. The number of halogens is 2. The number of carbonyl (C=O) groups excluding carboxylic acids is 1. The predicted molar refractivity (Wildman–Crippen MR) is 76.8 cm³/mol. The molecule has 1 unspecified atom stereocenters. The summed E-state index contributed by atoms with van der Waals surface area (Å²) < 4.78 is 31.3. The van der Waals surface area contributed by atoms with Crippen LogP contribution in [0.5, 0.6) is 0 Å². The summed E-state index contributed by atoms with van der Waals surface area (Å²) in [5.41, 5.74) is 0. The van der Waals surface area contributed by atoms with Crippen molar-refractivity contribution in [1.29, 1.82) is 0 Å². The molecule has 114 valence electrons. The molecule has 2 nitrogen and oxygen atoms in total. The standard InChI is InChI=1S/C14H26F2O2S/c1-5-7-14(15,16)8-6-9-19-12(10-11(2)3)13(17)18-4/h11-12H,5-10H2,1-4H3. The number of rotatable bonds is 10. The van der Waals surface area contributed by atoms with E-state index in [1.165, 1.54) is 18.9 Å². The molecule has 0 saturated carbocycles. The predicted octanol–water partition coefficient (Wildman–Crippen LogP) is 4.52. The van der Waals surface area contributed by atoms with E-state index < -0.39 is 5.92 Å². The van der Waals surface area contributed by atoms with Gasteiger partial charge < -0.3 is 4.74 Å². The molecule has 19 heavy (non-hydrogen) atoms. The summed E-state index contributed by atoms with van der Waals surface area (Å²) in [6.07, 6.45) is 1.51. The molecule has 0 aliphatic heterocycles. The molecule has 0 aliphatic carbocycles. The topological polar surface area (TPSA) is 26.3 Å². The lowest BCUT2D eigenvalue weighted by atomic mass is 10.1. The van der Waals surface area contributed by atoms with Gasteiger partial charge in [-0.15, -0.1) is 11.8 Å². The van der Waals surface area contributed by atoms with Crippen molar-refractivity contribution in [3.05, 3.63) is 0 Å². The highest BCUT2D eigenvalue weighted by atomic mass is 32.2. The van der Waals surface area contributed by atoms with Crippen LogP contribution in [0.1, 0.15) is 52.9 Å². The fourth-order valence-corrected chi connectivity index (χ4v) is 3.19. The second-order valence-corrected chi connectivity index (χ2v) is 6.53. The Morgan fingerprint density at radius 1 is 1.32 bits per heavy atom. The number of carbonyl (C=O) groups is 1. The molecular formula is C14H26F2O2S. The highest BCUT2D eigenvalue weighted by Gasteiger charge is 2.27. The highest BCUT2D eigenvalue weighted by molar-refractivity contribution is 8.00. The number of hydrogen-bond donors (Lipinski definition) is 0. The van der Waals surface area contributed by atoms with Crippen LogP contribution in [0.25, 0.3) is 0 Å². The molecule has 0 fully saturated rings. The Morgan fingerprint density at radius 3 is 2.42 bits per heavy atom. The summed E-state index contributed by atoms with van der Waals surface area (Å²) in [5, 5.41) is -0.232. The molecule has 0 saturated heterocycles. The summed E-state index contributed by atoms with van der Waals surface area (Å²) in [5.74, 6) is -1.85. The Labute approximate surface area is 119 Å². The summed E-state index contributed by atoms with van der Waals surface area (Å²) in [4.78, 5) is 11.5. The Bertz CT molecular complexity index is 258. The largest absolute Gasteiger partial charge is 0.468 e. The molecular weight excluding hydrogens is 270 g/mol. The van der Waals surface area contributed by atoms with Gasteiger partial charge in [-0.25, -0.2) is 8.78 Å². The van der Waals surface area contributed by atoms with Crippen molar-refractivity contribution in [1.82, 2.24) is 0 Å². The zero-order chi connectivity index (χ0) is 14.9. The first-order valence-corrected chi connectivity index (χ1v) is 7.94. The van der Waals surface area contributed by atoms with Gasteiger partial charge in [0.25, 0.3) is 0 Å². The second kappa shape index (κ2) is 9.56. The first kappa shape index (κ1) is 18.7. The highest BCUT2D eigenvalue weighted by Crippen LogP contribution is 2.28. The monoisotopic (exact) mass is 296 g/mol. The van der Waals surface area contributed by atoms with E-state index >= 15 is 0 Å². The fourth-order valence-electron chi connectivity index (χ4n) is 1.84. The van der Waals surface area contributed by atoms with Crippen LogP contribution in [-0.4, -0.2) is 30.0 Å². The molecule has 0 aromatic heterocycles. The minimum Gasteiger partial charge on any atom is -0.468 e. The van der Waals surface area contributed by atoms with E-state index in [1.54, 1.807) is 6.92 Å². The van der Waals surface area contributed by atoms with Crippen LogP contribution in [0.4, 0.5) is 8.78 Å². The molecule has 0 spiro atoms. The lowest BCUT2D eigenvalue weighted by Crippen LogP contribution is -2.22. The number of thioether (sulfide) groups is 1. The van der Waals surface area contributed by atoms with Crippen LogP contribution in [0.15, 0.2) is 0 Å². The maximum Gasteiger partial charge on any atom is 0.318 e. The van der Waals surface area contributed by atoms with Gasteiger partial charge in [0.2, 0.25) is 5.92 Å². The first-order valence-electron chi connectivity index (χ1n) is 6.89. The maximum absolute atomic E-state index is 13.3. The quantitative estimate of drug-likeness (QED) is 0.438. The molecule has 0 N–H and O–H groups in total. The zero-order valence-corrected chi connectivity index (χ0v) is 13.2. The summed E-state index contributed by atoms with van der Waals surface area (Å²) in [7, 11) is 1.37. The lowest BCUT2D eigenvalue weighted by Gasteiger charge is -2.18. The molecule has 0 radical (unpaired) electrons. The number of hydrogen-bond acceptors (Lipinski definition) is 3. The summed E-state index contributed by atoms with van der Waals surface area (Å²) in [6, 6.07) is 0. The van der Waals surface area contributed by atoms with Crippen LogP contribution in [0.2, 0.25) is 0 Å². The third-order valence-corrected chi connectivity index (χ3v) is 4.08. The van der Waals surface area contributed by atoms with Crippen molar-refractivity contribution in [3.8, 4) is 0 Å². The molecule has 0 rings (SSSR count). The summed E-state index contributed by atoms with van der Waals surface area (Å²) in [6.45, 7) is 5.83. The van der Waals surface area contributed by atoms with E-state index in [-0.39, 0.29) is 24.1 Å². The second-order valence-electron chi connectivity index (χ2n) is 5.22. The molecule has 0 aromatic rings. The van der Waals surface area contributed by atoms with Crippen LogP contribution in [0.3, 0.4) is 0 Å². The zero-order valence-electron chi connectivity index (χ0n) is 12.4. The SMILES string of the molecule is CCCC(F)(F)CCCSC(CC(C)C)C(=O)OC. The van der Waals surface area contributed by atoms with Gasteiger partial charge in [0.05, 0.1) is 7.11 Å². The van der Waals surface area contributed by atoms with Crippen molar-refractivity contribution < 1.29 is 18.3 Å². The van der Waals surface area contributed by atoms with E-state index in [2.05, 4.69) is 0 Å². The van der Waals surface area contributed by atoms with Gasteiger partial charge in [-0.1, -0.05) is 27.2 Å². The molecule has 0 amide bonds. The molecule has 0 heterocycles. The van der Waals surface area contributed by atoms with Gasteiger partial charge in [0.1, 0.15) is 5.25 Å². The first-order chi connectivity index (χ1) is 8.82. The van der Waals surface area contributed by atoms with Crippen LogP contribution < -0.4 is 0 Å². The third-order valence-electron chi connectivity index (χ3n) is 2.77. The van der Waals surface area contributed by atoms with Crippen molar-refractivity contribution in [3.63, 3.8) is 0 Å². The molecule has 0 bridgehead atoms. The molecule has 5 heteroatoms. The number of alkyl halides is 2. The van der Waals surface area contributed by atoms with Gasteiger partial charge in [0, 0.05) is 12.8 Å². The van der Waals surface area contributed by atoms with Gasteiger partial charge in [-0.05, 0) is 24.5 Å². The Morgan fingerprint density at radius 2 is 1.95 bits per heavy atom. The van der Waals surface area contributed by atoms with E-state index in [0.29, 0.717) is 24.5 Å². The van der Waals surface area contributed by atoms with Crippen LogP contribution >= 0.6 is 11.8 Å². The molecule has 1 atom stereocenters. The third kappa shape index (κ3) is 9.25. The van der Waals surface area contributed by atoms with Gasteiger partial charge in [0.15, 0.2) is 0 Å². The molecule has 0 aromatic carbocycles. The number of methoxy groups -OCH3 is 1. The van der Waals surface area contributed by atoms with Crippen molar-refractivity contribution >= 4 is 17.7 Å². The van der Waals surface area contributed by atoms with Crippen molar-refractivity contribution in [2.45, 2.75) is 64.0 Å². The average molecular weight is 296 g/mol. The average Bonchev–Trinajstić information content (AvgIpc) is 2.31. The van der Waals surface area contributed by atoms with Gasteiger partial charge >= 0.3 is 5.97 Å². The van der Waals surface area contributed by atoms with Gasteiger partial charge in [-0.2, -0.15) is 0 Å². The smallest absolute Gasteiger partial charge is 0.318 e. The lowest BCUT2D eigenvalue weighted by molar-refractivity contribution is -0.140. The van der Waals surface area contributed by atoms with E-state index in [4.69, 9.17) is 4.74 Å². The Balaban J connectivity index is 4.02. The van der Waals surface area contributed by atoms with Crippen LogP contribution in [-0.2, 0) is 9.53 Å². The minimum atomic E-state index is -2.56. The maximum atomic E-state index is 13.3. The van der Waals surface area contributed by atoms with Crippen LogP contribution in [0, 0.1) is 5.92 Å². The summed E-state index contributed by atoms with van der Waals surface area (Å²) >= 11 is 1.43. The van der Waals surface area contributed by atoms with E-state index in [0.717, 1.165) is 6.42 Å². The van der Waals surface area contributed by atoms with E-state index in [9.17, 15) is 13.6 Å².